The zero-order valence-corrected chi connectivity index (χ0v) is 8.84. The molecule has 0 saturated heterocycles. The van der Waals surface area contributed by atoms with Crippen LogP contribution in [0.2, 0.25) is 0 Å². The van der Waals surface area contributed by atoms with Crippen LogP contribution in [0.3, 0.4) is 0 Å². The van der Waals surface area contributed by atoms with E-state index in [-0.39, 0.29) is 5.84 Å². The van der Waals surface area contributed by atoms with Gasteiger partial charge in [-0.3, -0.25) is 4.98 Å². The molecule has 0 aliphatic carbocycles. The minimum atomic E-state index is -0.0232. The van der Waals surface area contributed by atoms with Gasteiger partial charge in [0.25, 0.3) is 0 Å². The second-order valence-electron chi connectivity index (χ2n) is 3.57. The highest BCUT2D eigenvalue weighted by atomic mass is 16.5. The maximum atomic E-state index is 8.48. The van der Waals surface area contributed by atoms with Gasteiger partial charge in [-0.05, 0) is 12.0 Å². The van der Waals surface area contributed by atoms with Gasteiger partial charge in [-0.2, -0.15) is 0 Å². The summed E-state index contributed by atoms with van der Waals surface area (Å²) in [4.78, 5) is 3.94. The van der Waals surface area contributed by atoms with E-state index in [0.717, 1.165) is 0 Å². The van der Waals surface area contributed by atoms with Gasteiger partial charge in [-0.15, -0.1) is 0 Å². The standard InChI is InChI=1S/C10H15N3O2/c1-7(2)6-15-8-3-4-12-9(5-8)10(11)13-14/h3-5,7,14H,6H2,1-2H3,(H2,11,13). The van der Waals surface area contributed by atoms with Gasteiger partial charge in [0.15, 0.2) is 5.84 Å². The summed E-state index contributed by atoms with van der Waals surface area (Å²) in [5.41, 5.74) is 5.80. The van der Waals surface area contributed by atoms with E-state index in [1.165, 1.54) is 0 Å². The zero-order chi connectivity index (χ0) is 11.3. The number of nitrogens with zero attached hydrogens (tertiary/aromatic N) is 2. The van der Waals surface area contributed by atoms with Crippen molar-refractivity contribution in [3.05, 3.63) is 24.0 Å². The van der Waals surface area contributed by atoms with Gasteiger partial charge in [-0.25, -0.2) is 0 Å². The molecule has 0 bridgehead atoms. The molecule has 0 radical (unpaired) electrons. The van der Waals surface area contributed by atoms with Crippen LogP contribution >= 0.6 is 0 Å². The number of hydrogen-bond donors (Lipinski definition) is 2. The molecule has 15 heavy (non-hydrogen) atoms. The van der Waals surface area contributed by atoms with Crippen LogP contribution in [0, 0.1) is 5.92 Å². The fourth-order valence-electron chi connectivity index (χ4n) is 0.955. The number of hydrogen-bond acceptors (Lipinski definition) is 4. The van der Waals surface area contributed by atoms with E-state index in [4.69, 9.17) is 15.7 Å². The van der Waals surface area contributed by atoms with Gasteiger partial charge in [-0.1, -0.05) is 19.0 Å². The summed E-state index contributed by atoms with van der Waals surface area (Å²) in [5, 5.41) is 11.4. The Hall–Kier alpha value is -1.78. The van der Waals surface area contributed by atoms with Crippen LogP contribution in [-0.2, 0) is 0 Å². The number of amidine groups is 1. The molecule has 0 aromatic carbocycles. The smallest absolute Gasteiger partial charge is 0.188 e. The minimum absolute atomic E-state index is 0.0232. The fraction of sp³-hybridized carbons (Fsp3) is 0.400. The molecule has 82 valence electrons. The average molecular weight is 209 g/mol. The molecule has 0 atom stereocenters. The third-order valence-corrected chi connectivity index (χ3v) is 1.68. The van der Waals surface area contributed by atoms with Crippen LogP contribution in [0.5, 0.6) is 5.75 Å². The van der Waals surface area contributed by atoms with E-state index in [2.05, 4.69) is 24.0 Å². The summed E-state index contributed by atoms with van der Waals surface area (Å²) < 4.78 is 5.47. The van der Waals surface area contributed by atoms with Gasteiger partial charge in [0, 0.05) is 12.3 Å². The van der Waals surface area contributed by atoms with Crippen LogP contribution in [0.4, 0.5) is 0 Å². The van der Waals surface area contributed by atoms with Crippen LogP contribution in [-0.4, -0.2) is 22.6 Å². The number of oxime groups is 1. The van der Waals surface area contributed by atoms with Gasteiger partial charge >= 0.3 is 0 Å². The normalized spacial score (nSPS) is 11.8. The van der Waals surface area contributed by atoms with Crippen molar-refractivity contribution in [3.8, 4) is 5.75 Å². The van der Waals surface area contributed by atoms with Gasteiger partial charge in [0.1, 0.15) is 11.4 Å². The SMILES string of the molecule is CC(C)COc1ccnc(C(N)=NO)c1. The Bertz CT molecular complexity index is 350. The number of rotatable bonds is 4. The minimum Gasteiger partial charge on any atom is -0.493 e. The van der Waals surface area contributed by atoms with Crippen molar-refractivity contribution in [1.29, 1.82) is 0 Å². The monoisotopic (exact) mass is 209 g/mol. The highest BCUT2D eigenvalue weighted by Crippen LogP contribution is 2.11. The molecule has 0 fully saturated rings. The van der Waals surface area contributed by atoms with Crippen LogP contribution < -0.4 is 10.5 Å². The van der Waals surface area contributed by atoms with E-state index in [0.29, 0.717) is 24.0 Å². The molecule has 0 spiro atoms. The van der Waals surface area contributed by atoms with Crippen LogP contribution in [0.15, 0.2) is 23.5 Å². The molecule has 1 heterocycles. The summed E-state index contributed by atoms with van der Waals surface area (Å²) in [5.74, 6) is 1.09. The lowest BCUT2D eigenvalue weighted by molar-refractivity contribution is 0.270. The van der Waals surface area contributed by atoms with Crippen molar-refractivity contribution in [2.75, 3.05) is 6.61 Å². The molecule has 1 rings (SSSR count). The Morgan fingerprint density at radius 1 is 1.67 bits per heavy atom. The Kier molecular flexibility index (Phi) is 3.91. The first kappa shape index (κ1) is 11.3. The predicted octanol–water partition coefficient (Wildman–Crippen LogP) is 1.21. The van der Waals surface area contributed by atoms with Crippen molar-refractivity contribution >= 4 is 5.84 Å². The summed E-state index contributed by atoms with van der Waals surface area (Å²) in [6.45, 7) is 4.75. The molecule has 0 aliphatic heterocycles. The first-order valence-electron chi connectivity index (χ1n) is 4.70. The summed E-state index contributed by atoms with van der Waals surface area (Å²) in [7, 11) is 0. The fourth-order valence-corrected chi connectivity index (χ4v) is 0.955. The molecule has 0 unspecified atom stereocenters. The lowest BCUT2D eigenvalue weighted by Crippen LogP contribution is -2.15. The lowest BCUT2D eigenvalue weighted by atomic mass is 10.2. The van der Waals surface area contributed by atoms with E-state index < -0.39 is 0 Å². The Morgan fingerprint density at radius 3 is 3.00 bits per heavy atom. The molecular weight excluding hydrogens is 194 g/mol. The number of pyridine rings is 1. The summed E-state index contributed by atoms with van der Waals surface area (Å²) >= 11 is 0. The first-order chi connectivity index (χ1) is 7.13. The molecule has 0 aliphatic rings. The first-order valence-corrected chi connectivity index (χ1v) is 4.70. The number of aromatic nitrogens is 1. The molecule has 1 aromatic rings. The van der Waals surface area contributed by atoms with Crippen molar-refractivity contribution in [2.45, 2.75) is 13.8 Å². The average Bonchev–Trinajstić information content (AvgIpc) is 2.25. The topological polar surface area (TPSA) is 80.7 Å². The molecule has 3 N–H and O–H groups in total. The van der Waals surface area contributed by atoms with Gasteiger partial charge < -0.3 is 15.7 Å². The van der Waals surface area contributed by atoms with E-state index in [9.17, 15) is 0 Å². The van der Waals surface area contributed by atoms with E-state index >= 15 is 0 Å². The summed E-state index contributed by atoms with van der Waals surface area (Å²) in [6, 6.07) is 3.37. The largest absolute Gasteiger partial charge is 0.493 e. The summed E-state index contributed by atoms with van der Waals surface area (Å²) in [6.07, 6.45) is 1.56. The highest BCUT2D eigenvalue weighted by Gasteiger charge is 2.03. The second kappa shape index (κ2) is 5.19. The molecule has 0 amide bonds. The van der Waals surface area contributed by atoms with Crippen molar-refractivity contribution in [3.63, 3.8) is 0 Å². The lowest BCUT2D eigenvalue weighted by Gasteiger charge is -2.08. The number of nitrogens with two attached hydrogens (primary N) is 1. The second-order valence-corrected chi connectivity index (χ2v) is 3.57. The van der Waals surface area contributed by atoms with Crippen molar-refractivity contribution < 1.29 is 9.94 Å². The maximum Gasteiger partial charge on any atom is 0.188 e. The highest BCUT2D eigenvalue weighted by molar-refractivity contribution is 5.95. The Labute approximate surface area is 88.6 Å². The molecule has 5 heteroatoms. The van der Waals surface area contributed by atoms with Gasteiger partial charge in [0.05, 0.1) is 6.61 Å². The van der Waals surface area contributed by atoms with E-state index in [1.54, 1.807) is 18.3 Å². The van der Waals surface area contributed by atoms with Crippen molar-refractivity contribution in [2.24, 2.45) is 16.8 Å². The molecule has 0 saturated carbocycles. The Morgan fingerprint density at radius 2 is 2.40 bits per heavy atom. The van der Waals surface area contributed by atoms with Crippen molar-refractivity contribution in [1.82, 2.24) is 4.98 Å². The molecule has 5 nitrogen and oxygen atoms in total. The van der Waals surface area contributed by atoms with Crippen LogP contribution in [0.25, 0.3) is 0 Å². The Balaban J connectivity index is 2.74. The van der Waals surface area contributed by atoms with Gasteiger partial charge in [0.2, 0.25) is 0 Å². The molecular formula is C10H15N3O2. The predicted molar refractivity (Wildman–Crippen MR) is 57.1 cm³/mol. The third-order valence-electron chi connectivity index (χ3n) is 1.68. The van der Waals surface area contributed by atoms with Crippen LogP contribution in [0.1, 0.15) is 19.5 Å². The quantitative estimate of drug-likeness (QED) is 0.338. The van der Waals surface area contributed by atoms with E-state index in [1.807, 2.05) is 0 Å². The molecule has 1 aromatic heterocycles. The zero-order valence-electron chi connectivity index (χ0n) is 8.84. The third kappa shape index (κ3) is 3.46. The number of ether oxygens (including phenoxy) is 1. The maximum absolute atomic E-state index is 8.48.